The summed E-state index contributed by atoms with van der Waals surface area (Å²) < 4.78 is 13.3. The fourth-order valence-electron chi connectivity index (χ4n) is 3.17. The van der Waals surface area contributed by atoms with Gasteiger partial charge in [-0.15, -0.1) is 24.0 Å². The summed E-state index contributed by atoms with van der Waals surface area (Å²) in [5.74, 6) is 1.62. The maximum absolute atomic E-state index is 13.3. The molecule has 4 nitrogen and oxygen atoms in total. The summed E-state index contributed by atoms with van der Waals surface area (Å²) >= 11 is 0. The molecule has 0 aromatic heterocycles. The molecule has 2 aliphatic carbocycles. The number of nitrogens with one attached hydrogen (secondary N) is 1. The smallest absolute Gasteiger partial charge is 0.193 e. The predicted molar refractivity (Wildman–Crippen MR) is 112 cm³/mol. The Bertz CT molecular complexity index is 572. The van der Waals surface area contributed by atoms with Gasteiger partial charge in [0.25, 0.3) is 0 Å². The van der Waals surface area contributed by atoms with Crippen molar-refractivity contribution in [1.82, 2.24) is 15.1 Å². The number of benzene rings is 1. The van der Waals surface area contributed by atoms with Gasteiger partial charge in [-0.25, -0.2) is 4.39 Å². The second-order valence-corrected chi connectivity index (χ2v) is 7.13. The minimum atomic E-state index is -0.191. The molecule has 2 aliphatic rings. The predicted octanol–water partition coefficient (Wildman–Crippen LogP) is 3.33. The molecule has 0 bridgehead atoms. The molecule has 0 amide bonds. The molecule has 0 saturated heterocycles. The molecule has 0 heterocycles. The van der Waals surface area contributed by atoms with Crippen LogP contribution in [0.5, 0.6) is 0 Å². The van der Waals surface area contributed by atoms with Crippen molar-refractivity contribution < 1.29 is 4.39 Å². The zero-order chi connectivity index (χ0) is 16.9. The summed E-state index contributed by atoms with van der Waals surface area (Å²) in [5.41, 5.74) is 0.953. The van der Waals surface area contributed by atoms with E-state index in [-0.39, 0.29) is 29.8 Å². The number of rotatable bonds is 8. The van der Waals surface area contributed by atoms with Crippen LogP contribution in [0.15, 0.2) is 29.3 Å². The second kappa shape index (κ2) is 9.71. The molecular weight excluding hydrogens is 430 g/mol. The highest BCUT2D eigenvalue weighted by Gasteiger charge is 2.33. The van der Waals surface area contributed by atoms with Gasteiger partial charge in [0.05, 0.1) is 0 Å². The van der Waals surface area contributed by atoms with E-state index in [9.17, 15) is 4.39 Å². The van der Waals surface area contributed by atoms with Crippen LogP contribution in [0.25, 0.3) is 0 Å². The van der Waals surface area contributed by atoms with E-state index in [1.165, 1.54) is 38.3 Å². The Hall–Kier alpha value is -0.890. The summed E-state index contributed by atoms with van der Waals surface area (Å²) in [6.07, 6.45) is 5.55. The van der Waals surface area contributed by atoms with Crippen LogP contribution in [0.1, 0.15) is 31.2 Å². The SMILES string of the molecule is CN=C(NCCN(CC1CC1)C1CC1)N(C)Cc1cccc(F)c1.I. The molecule has 1 N–H and O–H groups in total. The highest BCUT2D eigenvalue weighted by molar-refractivity contribution is 14.0. The lowest BCUT2D eigenvalue weighted by Crippen LogP contribution is -2.43. The van der Waals surface area contributed by atoms with E-state index >= 15 is 0 Å². The summed E-state index contributed by atoms with van der Waals surface area (Å²) in [5, 5.41) is 3.45. The second-order valence-electron chi connectivity index (χ2n) is 7.13. The van der Waals surface area contributed by atoms with E-state index in [1.54, 1.807) is 19.2 Å². The molecule has 25 heavy (non-hydrogen) atoms. The maximum atomic E-state index is 13.3. The van der Waals surface area contributed by atoms with Gasteiger partial charge in [-0.2, -0.15) is 0 Å². The Morgan fingerprint density at radius 2 is 2.04 bits per heavy atom. The first-order valence-electron chi connectivity index (χ1n) is 9.06. The molecule has 0 aliphatic heterocycles. The third-order valence-corrected chi connectivity index (χ3v) is 4.82. The highest BCUT2D eigenvalue weighted by atomic mass is 127. The number of nitrogens with zero attached hydrogens (tertiary/aromatic N) is 3. The van der Waals surface area contributed by atoms with Crippen molar-refractivity contribution >= 4 is 29.9 Å². The molecule has 3 rings (SSSR count). The summed E-state index contributed by atoms with van der Waals surface area (Å²) in [6, 6.07) is 7.56. The van der Waals surface area contributed by atoms with Crippen molar-refractivity contribution in [1.29, 1.82) is 0 Å². The zero-order valence-electron chi connectivity index (χ0n) is 15.2. The molecule has 0 atom stereocenters. The summed E-state index contributed by atoms with van der Waals surface area (Å²) in [4.78, 5) is 9.04. The molecule has 1 aromatic rings. The molecule has 0 radical (unpaired) electrons. The number of aliphatic imine (C=N–C) groups is 1. The molecule has 0 unspecified atom stereocenters. The Morgan fingerprint density at radius 3 is 2.64 bits per heavy atom. The topological polar surface area (TPSA) is 30.9 Å². The van der Waals surface area contributed by atoms with Crippen LogP contribution in [-0.2, 0) is 6.54 Å². The minimum absolute atomic E-state index is 0. The van der Waals surface area contributed by atoms with E-state index in [0.29, 0.717) is 6.54 Å². The van der Waals surface area contributed by atoms with Gasteiger partial charge in [0.2, 0.25) is 0 Å². The van der Waals surface area contributed by atoms with Crippen LogP contribution >= 0.6 is 24.0 Å². The Kier molecular flexibility index (Phi) is 7.93. The largest absolute Gasteiger partial charge is 0.355 e. The third kappa shape index (κ3) is 6.73. The number of guanidine groups is 1. The minimum Gasteiger partial charge on any atom is -0.355 e. The van der Waals surface area contributed by atoms with E-state index < -0.39 is 0 Å². The van der Waals surface area contributed by atoms with Gasteiger partial charge in [0.1, 0.15) is 5.82 Å². The van der Waals surface area contributed by atoms with Crippen molar-refractivity contribution in [3.8, 4) is 0 Å². The zero-order valence-corrected chi connectivity index (χ0v) is 17.6. The van der Waals surface area contributed by atoms with E-state index in [0.717, 1.165) is 36.6 Å². The first-order valence-corrected chi connectivity index (χ1v) is 9.06. The Balaban J connectivity index is 0.00000225. The average Bonchev–Trinajstić information content (AvgIpc) is 3.44. The molecule has 140 valence electrons. The lowest BCUT2D eigenvalue weighted by atomic mass is 10.2. The fourth-order valence-corrected chi connectivity index (χ4v) is 3.17. The van der Waals surface area contributed by atoms with Gasteiger partial charge in [-0.3, -0.25) is 9.89 Å². The molecule has 2 saturated carbocycles. The van der Waals surface area contributed by atoms with Gasteiger partial charge in [0.15, 0.2) is 5.96 Å². The third-order valence-electron chi connectivity index (χ3n) is 4.82. The van der Waals surface area contributed by atoms with Crippen LogP contribution in [0, 0.1) is 11.7 Å². The van der Waals surface area contributed by atoms with E-state index in [1.807, 2.05) is 18.0 Å². The van der Waals surface area contributed by atoms with Crippen molar-refractivity contribution in [3.05, 3.63) is 35.6 Å². The first-order chi connectivity index (χ1) is 11.7. The number of hydrogen-bond donors (Lipinski definition) is 1. The van der Waals surface area contributed by atoms with Gasteiger partial charge in [0, 0.05) is 46.3 Å². The maximum Gasteiger partial charge on any atom is 0.193 e. The van der Waals surface area contributed by atoms with Crippen molar-refractivity contribution in [2.24, 2.45) is 10.9 Å². The molecular formula is C19H30FIN4. The number of hydrogen-bond acceptors (Lipinski definition) is 2. The van der Waals surface area contributed by atoms with Gasteiger partial charge in [-0.05, 0) is 49.3 Å². The first kappa shape index (κ1) is 20.4. The lowest BCUT2D eigenvalue weighted by molar-refractivity contribution is 0.255. The fraction of sp³-hybridized carbons (Fsp3) is 0.632. The average molecular weight is 460 g/mol. The Morgan fingerprint density at radius 1 is 1.28 bits per heavy atom. The van der Waals surface area contributed by atoms with Crippen LogP contribution in [0.3, 0.4) is 0 Å². The molecule has 2 fully saturated rings. The van der Waals surface area contributed by atoms with Crippen molar-refractivity contribution in [2.45, 2.75) is 38.3 Å². The monoisotopic (exact) mass is 460 g/mol. The van der Waals surface area contributed by atoms with Crippen LogP contribution in [0.2, 0.25) is 0 Å². The van der Waals surface area contributed by atoms with Gasteiger partial charge in [-0.1, -0.05) is 12.1 Å². The van der Waals surface area contributed by atoms with E-state index in [4.69, 9.17) is 0 Å². The quantitative estimate of drug-likeness (QED) is 0.367. The van der Waals surface area contributed by atoms with Crippen molar-refractivity contribution in [2.75, 3.05) is 33.7 Å². The van der Waals surface area contributed by atoms with Gasteiger partial charge >= 0.3 is 0 Å². The van der Waals surface area contributed by atoms with Crippen LogP contribution < -0.4 is 5.32 Å². The summed E-state index contributed by atoms with van der Waals surface area (Å²) in [6.45, 7) is 3.90. The molecule has 0 spiro atoms. The van der Waals surface area contributed by atoms with Gasteiger partial charge < -0.3 is 10.2 Å². The normalized spacial score (nSPS) is 17.4. The van der Waals surface area contributed by atoms with Crippen molar-refractivity contribution in [3.63, 3.8) is 0 Å². The highest BCUT2D eigenvalue weighted by Crippen LogP contribution is 2.34. The lowest BCUT2D eigenvalue weighted by Gasteiger charge is -2.25. The standard InChI is InChI=1S/C19H29FN4.HI/c1-21-19(23(2)13-16-4-3-5-17(20)12-16)22-10-11-24(18-8-9-18)14-15-6-7-15;/h3-5,12,15,18H,6-11,13-14H2,1-2H3,(H,21,22);1H. The van der Waals surface area contributed by atoms with Crippen LogP contribution in [0.4, 0.5) is 4.39 Å². The van der Waals surface area contributed by atoms with E-state index in [2.05, 4.69) is 15.2 Å². The summed E-state index contributed by atoms with van der Waals surface area (Å²) in [7, 11) is 3.79. The van der Waals surface area contributed by atoms with Crippen LogP contribution in [-0.4, -0.2) is 55.5 Å². The molecule has 1 aromatic carbocycles. The Labute approximate surface area is 167 Å². The number of halogens is 2. The molecule has 6 heteroatoms.